The fourth-order valence-electron chi connectivity index (χ4n) is 2.42. The molecule has 1 aromatic rings. The molecule has 6 nitrogen and oxygen atoms in total. The van der Waals surface area contributed by atoms with Crippen molar-refractivity contribution in [1.29, 1.82) is 0 Å². The molecule has 1 amide bonds. The van der Waals surface area contributed by atoms with Gasteiger partial charge < -0.3 is 10.6 Å². The van der Waals surface area contributed by atoms with Crippen molar-refractivity contribution < 1.29 is 13.2 Å². The molecule has 9 heteroatoms. The quantitative estimate of drug-likeness (QED) is 0.847. The van der Waals surface area contributed by atoms with Crippen molar-refractivity contribution in [1.82, 2.24) is 10.3 Å². The van der Waals surface area contributed by atoms with E-state index in [0.29, 0.717) is 37.0 Å². The summed E-state index contributed by atoms with van der Waals surface area (Å²) >= 11 is 1.39. The molecule has 1 fully saturated rings. The van der Waals surface area contributed by atoms with Crippen molar-refractivity contribution in [2.24, 2.45) is 0 Å². The molecule has 2 N–H and O–H groups in total. The van der Waals surface area contributed by atoms with Crippen LogP contribution in [0.15, 0.2) is 6.20 Å². The first kappa shape index (κ1) is 19.3. The average molecular weight is 368 g/mol. The molecule has 126 valence electrons. The van der Waals surface area contributed by atoms with E-state index in [2.05, 4.69) is 15.6 Å². The van der Waals surface area contributed by atoms with Gasteiger partial charge in [0.25, 0.3) is 0 Å². The largest absolute Gasteiger partial charge is 0.317 e. The summed E-state index contributed by atoms with van der Waals surface area (Å²) < 4.78 is 23.0. The summed E-state index contributed by atoms with van der Waals surface area (Å²) in [5.41, 5.74) is 0. The molecule has 2 heterocycles. The molecule has 22 heavy (non-hydrogen) atoms. The first-order chi connectivity index (χ1) is 9.76. The van der Waals surface area contributed by atoms with Crippen LogP contribution in [0.1, 0.15) is 37.5 Å². The van der Waals surface area contributed by atoms with Crippen molar-refractivity contribution in [3.63, 3.8) is 0 Å². The topological polar surface area (TPSA) is 88.2 Å². The number of anilines is 1. The summed E-state index contributed by atoms with van der Waals surface area (Å²) in [4.78, 5) is 17.8. The number of sulfone groups is 1. The lowest BCUT2D eigenvalue weighted by molar-refractivity contribution is -0.119. The lowest BCUT2D eigenvalue weighted by atomic mass is 9.96. The minimum absolute atomic E-state index is 0. The van der Waals surface area contributed by atoms with Crippen LogP contribution in [0.2, 0.25) is 0 Å². The van der Waals surface area contributed by atoms with Crippen LogP contribution >= 0.6 is 23.7 Å². The number of hydrogen-bond donors (Lipinski definition) is 2. The molecule has 0 radical (unpaired) electrons. The van der Waals surface area contributed by atoms with E-state index in [4.69, 9.17) is 0 Å². The Morgan fingerprint density at radius 3 is 2.45 bits per heavy atom. The van der Waals surface area contributed by atoms with Crippen LogP contribution in [0.3, 0.4) is 0 Å². The van der Waals surface area contributed by atoms with Crippen LogP contribution in [0.25, 0.3) is 0 Å². The Morgan fingerprint density at radius 1 is 1.41 bits per heavy atom. The molecule has 1 aliphatic heterocycles. The van der Waals surface area contributed by atoms with Gasteiger partial charge in [-0.05, 0) is 31.8 Å². The van der Waals surface area contributed by atoms with Gasteiger partial charge in [-0.25, -0.2) is 13.4 Å². The van der Waals surface area contributed by atoms with Crippen LogP contribution in [0, 0.1) is 0 Å². The van der Waals surface area contributed by atoms with Crippen molar-refractivity contribution >= 4 is 44.6 Å². The number of carbonyl (C=O) groups excluding carboxylic acids is 1. The van der Waals surface area contributed by atoms with Crippen LogP contribution in [0.5, 0.6) is 0 Å². The molecule has 0 saturated carbocycles. The molecule has 0 atom stereocenters. The maximum absolute atomic E-state index is 12.6. The summed E-state index contributed by atoms with van der Waals surface area (Å²) in [5.74, 6) is -0.132. The van der Waals surface area contributed by atoms with E-state index in [-0.39, 0.29) is 12.4 Å². The first-order valence-electron chi connectivity index (χ1n) is 6.94. The van der Waals surface area contributed by atoms with Crippen molar-refractivity contribution in [3.8, 4) is 0 Å². The third kappa shape index (κ3) is 3.79. The average Bonchev–Trinajstić information content (AvgIpc) is 2.87. The molecule has 0 unspecified atom stereocenters. The fourth-order valence-corrected chi connectivity index (χ4v) is 4.57. The summed E-state index contributed by atoms with van der Waals surface area (Å²) in [6.07, 6.45) is 3.44. The third-order valence-corrected chi connectivity index (χ3v) is 7.07. The number of carbonyl (C=O) groups is 1. The molecule has 1 aromatic heterocycles. The molecule has 1 saturated heterocycles. The van der Waals surface area contributed by atoms with Crippen LogP contribution in [-0.4, -0.2) is 43.4 Å². The Hall–Kier alpha value is -0.700. The number of amides is 1. The normalized spacial score (nSPS) is 17.8. The van der Waals surface area contributed by atoms with Crippen LogP contribution in [-0.2, 0) is 14.6 Å². The number of rotatable bonds is 4. The van der Waals surface area contributed by atoms with Gasteiger partial charge in [0.1, 0.15) is 0 Å². The number of piperidine rings is 1. The van der Waals surface area contributed by atoms with Crippen LogP contribution in [0.4, 0.5) is 5.13 Å². The zero-order chi connectivity index (χ0) is 15.7. The minimum atomic E-state index is -3.49. The second-order valence-electron chi connectivity index (χ2n) is 5.69. The molecule has 2 rings (SSSR count). The molecular formula is C13H22ClN3O3S2. The van der Waals surface area contributed by atoms with Gasteiger partial charge in [-0.1, -0.05) is 13.8 Å². The van der Waals surface area contributed by atoms with Gasteiger partial charge in [-0.2, -0.15) is 0 Å². The summed E-state index contributed by atoms with van der Waals surface area (Å²) in [5, 5.41) is 6.25. The molecule has 0 spiro atoms. The monoisotopic (exact) mass is 367 g/mol. The Bertz CT molecular complexity index is 622. The second-order valence-corrected chi connectivity index (χ2v) is 9.08. The highest BCUT2D eigenvalue weighted by Crippen LogP contribution is 2.31. The van der Waals surface area contributed by atoms with E-state index in [0.717, 1.165) is 11.1 Å². The van der Waals surface area contributed by atoms with E-state index >= 15 is 0 Å². The number of hydrogen-bond acceptors (Lipinski definition) is 6. The Labute approximate surface area is 141 Å². The van der Waals surface area contributed by atoms with Gasteiger partial charge in [0.15, 0.2) is 19.7 Å². The number of nitrogens with one attached hydrogen (secondary N) is 2. The maximum Gasteiger partial charge on any atom is 0.247 e. The van der Waals surface area contributed by atoms with Crippen molar-refractivity contribution in [3.05, 3.63) is 11.1 Å². The summed E-state index contributed by atoms with van der Waals surface area (Å²) in [7, 11) is -3.49. The lowest BCUT2D eigenvalue weighted by Crippen LogP contribution is -2.55. The van der Waals surface area contributed by atoms with Crippen molar-refractivity contribution in [2.75, 3.05) is 24.7 Å². The zero-order valence-corrected chi connectivity index (χ0v) is 15.3. The standard InChI is InChI=1S/C13H21N3O3S2.ClH/c1-9(2)10-8-15-12(20-10)16-11(17)13(21(3,18)19)4-6-14-7-5-13;/h8-9,14H,4-7H2,1-3H3,(H,15,16,17);1H. The lowest BCUT2D eigenvalue weighted by Gasteiger charge is -2.33. The van der Waals surface area contributed by atoms with E-state index in [1.165, 1.54) is 11.3 Å². The minimum Gasteiger partial charge on any atom is -0.317 e. The first-order valence-corrected chi connectivity index (χ1v) is 9.64. The van der Waals surface area contributed by atoms with Gasteiger partial charge >= 0.3 is 0 Å². The van der Waals surface area contributed by atoms with E-state index in [9.17, 15) is 13.2 Å². The molecular weight excluding hydrogens is 346 g/mol. The molecule has 1 aliphatic rings. The Balaban J connectivity index is 0.00000242. The Morgan fingerprint density at radius 2 is 2.00 bits per heavy atom. The van der Waals surface area contributed by atoms with Gasteiger partial charge in [0.05, 0.1) is 0 Å². The number of halogens is 1. The van der Waals surface area contributed by atoms with Crippen molar-refractivity contribution in [2.45, 2.75) is 37.4 Å². The van der Waals surface area contributed by atoms with E-state index in [1.54, 1.807) is 6.20 Å². The zero-order valence-electron chi connectivity index (χ0n) is 12.9. The van der Waals surface area contributed by atoms with Gasteiger partial charge in [-0.3, -0.25) is 4.79 Å². The SMILES string of the molecule is CC(C)c1cnc(NC(=O)C2(S(C)(=O)=O)CCNCC2)s1.Cl. The number of thiazole rings is 1. The highest BCUT2D eigenvalue weighted by molar-refractivity contribution is 7.92. The highest BCUT2D eigenvalue weighted by atomic mass is 35.5. The Kier molecular flexibility index (Phi) is 6.37. The predicted molar refractivity (Wildman–Crippen MR) is 91.8 cm³/mol. The van der Waals surface area contributed by atoms with E-state index in [1.807, 2.05) is 13.8 Å². The number of nitrogens with zero attached hydrogens (tertiary/aromatic N) is 1. The smallest absolute Gasteiger partial charge is 0.247 e. The maximum atomic E-state index is 12.6. The van der Waals surface area contributed by atoms with E-state index < -0.39 is 20.5 Å². The molecule has 0 aromatic carbocycles. The van der Waals surface area contributed by atoms with Gasteiger partial charge in [0.2, 0.25) is 5.91 Å². The third-order valence-electron chi connectivity index (χ3n) is 3.85. The fraction of sp³-hybridized carbons (Fsp3) is 0.692. The predicted octanol–water partition coefficient (Wildman–Crippen LogP) is 1.79. The molecule has 0 bridgehead atoms. The van der Waals surface area contributed by atoms with Crippen LogP contribution < -0.4 is 10.6 Å². The van der Waals surface area contributed by atoms with Gasteiger partial charge in [0, 0.05) is 17.3 Å². The summed E-state index contributed by atoms with van der Waals surface area (Å²) in [6, 6.07) is 0. The molecule has 0 aliphatic carbocycles. The number of aromatic nitrogens is 1. The van der Waals surface area contributed by atoms with Gasteiger partial charge in [-0.15, -0.1) is 23.7 Å². The highest BCUT2D eigenvalue weighted by Gasteiger charge is 2.48. The second kappa shape index (κ2) is 7.25. The summed E-state index contributed by atoms with van der Waals surface area (Å²) in [6.45, 7) is 5.14.